The van der Waals surface area contributed by atoms with Crippen molar-refractivity contribution in [3.8, 4) is 5.69 Å². The van der Waals surface area contributed by atoms with Crippen LogP contribution in [0.4, 0.5) is 9.18 Å². The molecule has 15 atom stereocenters. The van der Waals surface area contributed by atoms with Gasteiger partial charge in [-0.05, 0) is 71.7 Å². The van der Waals surface area contributed by atoms with Crippen LogP contribution in [0.25, 0.3) is 5.69 Å². The van der Waals surface area contributed by atoms with Crippen LogP contribution in [0.2, 0.25) is 0 Å². The second-order valence-corrected chi connectivity index (χ2v) is 19.2. The Morgan fingerprint density at radius 3 is 2.36 bits per heavy atom. The Hall–Kier alpha value is -4.40. The van der Waals surface area contributed by atoms with E-state index < -0.39 is 96.4 Å². The van der Waals surface area contributed by atoms with E-state index in [-0.39, 0.29) is 24.3 Å². The third kappa shape index (κ3) is 10.5. The maximum absolute atomic E-state index is 14.7. The fourth-order valence-electron chi connectivity index (χ4n) is 10.7. The summed E-state index contributed by atoms with van der Waals surface area (Å²) in [5, 5.41) is 28.6. The van der Waals surface area contributed by atoms with Crippen molar-refractivity contribution < 1.29 is 52.3 Å². The molecule has 5 heterocycles. The molecule has 0 spiro atoms. The maximum Gasteiger partial charge on any atom is 0.410 e. The number of halogens is 1. The maximum atomic E-state index is 14.7. The van der Waals surface area contributed by atoms with Crippen LogP contribution in [-0.2, 0) is 44.4 Å². The normalized spacial score (nSPS) is 34.7. The molecular weight excluding hydrogens is 856 g/mol. The van der Waals surface area contributed by atoms with Gasteiger partial charge in [-0.2, -0.15) is 0 Å². The van der Waals surface area contributed by atoms with Gasteiger partial charge in [-0.1, -0.05) is 50.3 Å². The number of ketones is 1. The van der Waals surface area contributed by atoms with E-state index >= 15 is 0 Å². The monoisotopic (exact) mass is 927 g/mol. The summed E-state index contributed by atoms with van der Waals surface area (Å²) in [6, 6.07) is 6.03. The van der Waals surface area contributed by atoms with Crippen LogP contribution in [-0.4, -0.2) is 158 Å². The number of rotatable bonds is 14. The molecule has 1 amide bonds. The van der Waals surface area contributed by atoms with E-state index in [0.29, 0.717) is 37.9 Å². The van der Waals surface area contributed by atoms with E-state index in [9.17, 15) is 23.9 Å². The Kier molecular flexibility index (Phi) is 16.4. The number of aliphatic hydroxyl groups is 1. The quantitative estimate of drug-likeness (QED) is 0.204. The molecule has 0 radical (unpaired) electrons. The van der Waals surface area contributed by atoms with Gasteiger partial charge in [-0.25, -0.2) is 18.5 Å². The Bertz CT molecular complexity index is 2080. The average Bonchev–Trinajstić information content (AvgIpc) is 4.07. The Morgan fingerprint density at radius 2 is 1.74 bits per heavy atom. The lowest BCUT2D eigenvalue weighted by Crippen LogP contribution is -2.59. The fraction of sp³-hybridized carbons (Fsp3) is 0.723. The first-order valence-corrected chi connectivity index (χ1v) is 23.2. The number of cyclic esters (lactones) is 1. The lowest BCUT2D eigenvalue weighted by Gasteiger charge is -2.47. The highest BCUT2D eigenvalue weighted by molar-refractivity contribution is 5.85. The van der Waals surface area contributed by atoms with E-state index in [0.717, 1.165) is 11.3 Å². The number of carbonyl (C=O) groups excluding carboxylic acids is 3. The van der Waals surface area contributed by atoms with Crippen molar-refractivity contribution in [1.29, 1.82) is 0 Å². The fourth-order valence-corrected chi connectivity index (χ4v) is 10.7. The zero-order valence-electron chi connectivity index (χ0n) is 40.6. The number of esters is 1. The lowest BCUT2D eigenvalue weighted by atomic mass is 9.73. The minimum atomic E-state index is -1.32. The number of Topliss-reactive ketones (excluding diaryl/α,β-unsaturated/α-hetero) is 1. The number of alkyl halides is 1. The Morgan fingerprint density at radius 1 is 1.03 bits per heavy atom. The first-order chi connectivity index (χ1) is 31.3. The number of amides is 1. The minimum Gasteiger partial charge on any atom is -0.458 e. The molecule has 1 aromatic carbocycles. The molecule has 2 aromatic heterocycles. The summed E-state index contributed by atoms with van der Waals surface area (Å²) in [7, 11) is 6.72. The molecule has 19 heteroatoms. The Labute approximate surface area is 387 Å². The number of aromatic nitrogens is 6. The number of likely N-dealkylation sites (N-methyl/N-ethyl adjacent to an activating group) is 2. The summed E-state index contributed by atoms with van der Waals surface area (Å²) in [6.45, 7) is 14.3. The topological polar surface area (TPSA) is 195 Å². The van der Waals surface area contributed by atoms with Crippen LogP contribution in [0.1, 0.15) is 104 Å². The Balaban J connectivity index is 1.17. The summed E-state index contributed by atoms with van der Waals surface area (Å²) < 4.78 is 55.4. The van der Waals surface area contributed by atoms with E-state index in [2.05, 4.69) is 25.5 Å². The largest absolute Gasteiger partial charge is 0.458 e. The molecule has 18 nitrogen and oxygen atoms in total. The van der Waals surface area contributed by atoms with Crippen LogP contribution in [0.3, 0.4) is 0 Å². The number of aliphatic hydroxyl groups excluding tert-OH is 1. The van der Waals surface area contributed by atoms with Crippen molar-refractivity contribution in [3.63, 3.8) is 0 Å². The number of hydrogen-bond acceptors (Lipinski definition) is 15. The number of nitrogens with zero attached hydrogens (tertiary/aromatic N) is 8. The molecule has 6 rings (SSSR count). The second-order valence-electron chi connectivity index (χ2n) is 19.2. The number of ether oxygens (including phenoxy) is 6. The smallest absolute Gasteiger partial charge is 0.410 e. The van der Waals surface area contributed by atoms with Crippen molar-refractivity contribution in [2.45, 2.75) is 154 Å². The molecule has 1 N–H and O–H groups in total. The van der Waals surface area contributed by atoms with Crippen molar-refractivity contribution in [2.24, 2.45) is 23.7 Å². The standard InChI is InChI=1S/C47H71FN8O10/c1-13-37-47(8)42(54(10)45(60)66-47)29(4)39(57)27(2)24-46(7,62-12)43(30(5)40(58)31(6)44(59)64-37)65-38-23-35(22-28(3)63-38)53(9)20-18-33-26-56(52-50-33)36(25-48)41(61-11)32-14-16-34(17-15-32)55-21-19-49-51-55/h14-17,19,21,26-31,35-38,40-43,58H,13,18,20,22-25H2,1-12H3/t27-,28-,29+,30+,31-,35+,36-,37-,38+,40+,41-,42-,43-,46-,47-/m1/s1. The summed E-state index contributed by atoms with van der Waals surface area (Å²) >= 11 is 0. The van der Waals surface area contributed by atoms with Crippen LogP contribution in [0.15, 0.2) is 42.9 Å². The SMILES string of the molecule is CC[C@H]1OC(=O)[C@H](C)[C@@H](O)[C@H](C)[C@@H](O[C@H]2C[C@@H](N(C)CCc3cn([C@H](CF)[C@H](OC)c4ccc(-n5ccnn5)cc4)nn3)C[C@@H](C)O2)[C@](C)(OC)C[C@@H](C)C(=O)[C@H](C)[C@H]2N(C)C(=O)O[C@]12C. The van der Waals surface area contributed by atoms with Gasteiger partial charge in [0.05, 0.1) is 59.6 Å². The van der Waals surface area contributed by atoms with Gasteiger partial charge in [-0.3, -0.25) is 9.59 Å². The van der Waals surface area contributed by atoms with Gasteiger partial charge in [-0.15, -0.1) is 10.2 Å². The number of methoxy groups -OCH3 is 2. The summed E-state index contributed by atoms with van der Waals surface area (Å²) in [5.41, 5.74) is -0.180. The molecule has 0 aliphatic carbocycles. The first kappa shape index (κ1) is 51.0. The first-order valence-electron chi connectivity index (χ1n) is 23.2. The van der Waals surface area contributed by atoms with E-state index in [1.54, 1.807) is 65.3 Å². The summed E-state index contributed by atoms with van der Waals surface area (Å²) in [6.07, 6.45) is 2.21. The van der Waals surface area contributed by atoms with Crippen LogP contribution in [0, 0.1) is 23.7 Å². The van der Waals surface area contributed by atoms with E-state index in [1.165, 1.54) is 9.58 Å². The van der Waals surface area contributed by atoms with Gasteiger partial charge in [0.15, 0.2) is 11.9 Å². The zero-order chi connectivity index (χ0) is 48.2. The molecule has 3 aliphatic heterocycles. The van der Waals surface area contributed by atoms with Crippen molar-refractivity contribution in [3.05, 3.63) is 54.1 Å². The van der Waals surface area contributed by atoms with E-state index in [4.69, 9.17) is 28.4 Å². The molecule has 3 aliphatic rings. The number of hydrogen-bond donors (Lipinski definition) is 1. The van der Waals surface area contributed by atoms with Gasteiger partial charge < -0.3 is 43.3 Å². The summed E-state index contributed by atoms with van der Waals surface area (Å²) in [5.74, 6) is -3.74. The zero-order valence-corrected chi connectivity index (χ0v) is 40.6. The van der Waals surface area contributed by atoms with Crippen LogP contribution in [0.5, 0.6) is 0 Å². The highest BCUT2D eigenvalue weighted by Gasteiger charge is 2.59. The molecular formula is C47H71FN8O10. The number of carbonyl (C=O) groups is 3. The van der Waals surface area contributed by atoms with Crippen molar-refractivity contribution in [2.75, 3.05) is 41.5 Å². The highest BCUT2D eigenvalue weighted by Crippen LogP contribution is 2.43. The predicted octanol–water partition coefficient (Wildman–Crippen LogP) is 5.32. The number of fused-ring (bicyclic) bond motifs is 1. The third-order valence-corrected chi connectivity index (χ3v) is 14.6. The summed E-state index contributed by atoms with van der Waals surface area (Å²) in [4.78, 5) is 45.0. The average molecular weight is 927 g/mol. The highest BCUT2D eigenvalue weighted by atomic mass is 19.1. The predicted molar refractivity (Wildman–Crippen MR) is 239 cm³/mol. The molecule has 3 aromatic rings. The van der Waals surface area contributed by atoms with Gasteiger partial charge in [0.1, 0.15) is 30.7 Å². The molecule has 3 fully saturated rings. The van der Waals surface area contributed by atoms with Crippen molar-refractivity contribution in [1.82, 2.24) is 39.8 Å². The number of benzene rings is 1. The van der Waals surface area contributed by atoms with Crippen LogP contribution >= 0.6 is 0 Å². The van der Waals surface area contributed by atoms with Gasteiger partial charge >= 0.3 is 12.1 Å². The van der Waals surface area contributed by atoms with Gasteiger partial charge in [0.25, 0.3) is 0 Å². The van der Waals surface area contributed by atoms with Gasteiger partial charge in [0, 0.05) is 70.6 Å². The molecule has 66 heavy (non-hydrogen) atoms. The molecule has 3 saturated heterocycles. The second kappa shape index (κ2) is 21.3. The molecule has 0 bridgehead atoms. The molecule has 0 saturated carbocycles. The molecule has 366 valence electrons. The lowest BCUT2D eigenvalue weighted by molar-refractivity contribution is -0.271. The van der Waals surface area contributed by atoms with Crippen LogP contribution < -0.4 is 0 Å². The van der Waals surface area contributed by atoms with Gasteiger partial charge in [0.2, 0.25) is 0 Å². The molecule has 0 unspecified atom stereocenters. The van der Waals surface area contributed by atoms with Crippen molar-refractivity contribution >= 4 is 17.8 Å². The minimum absolute atomic E-state index is 0.0159. The third-order valence-electron chi connectivity index (χ3n) is 14.6. The van der Waals surface area contributed by atoms with E-state index in [1.807, 2.05) is 65.9 Å².